The topological polar surface area (TPSA) is 22.0 Å². The quantitative estimate of drug-likeness (QED) is 0.399. The second-order valence-electron chi connectivity index (χ2n) is 6.45. The number of aryl methyl sites for hydroxylation is 4. The van der Waals surface area contributed by atoms with Crippen LogP contribution < -0.4 is 0 Å². The van der Waals surface area contributed by atoms with E-state index in [0.29, 0.717) is 5.56 Å². The number of nitrogens with zero attached hydrogens (tertiary/aromatic N) is 1. The molecule has 130 valence electrons. The Hall–Kier alpha value is -1.71. The molecule has 25 heavy (non-hydrogen) atoms. The van der Waals surface area contributed by atoms with E-state index in [2.05, 4.69) is 55.9 Å². The van der Waals surface area contributed by atoms with Crippen LogP contribution in [-0.4, -0.2) is 15.6 Å². The Kier molecular flexibility index (Phi) is 5.26. The summed E-state index contributed by atoms with van der Waals surface area (Å²) in [4.78, 5) is 13.5. The van der Waals surface area contributed by atoms with Gasteiger partial charge in [0, 0.05) is 22.0 Å². The predicted octanol–water partition coefficient (Wildman–Crippen LogP) is 6.11. The van der Waals surface area contributed by atoms with E-state index in [0.717, 1.165) is 17.3 Å². The van der Waals surface area contributed by atoms with Gasteiger partial charge in [0.25, 0.3) is 0 Å². The van der Waals surface area contributed by atoms with E-state index in [9.17, 15) is 4.79 Å². The molecule has 0 bridgehead atoms. The van der Waals surface area contributed by atoms with Crippen molar-refractivity contribution in [1.82, 2.24) is 3.97 Å². The van der Waals surface area contributed by atoms with Gasteiger partial charge in [-0.05, 0) is 61.9 Å². The molecule has 0 amide bonds. The first kappa shape index (κ1) is 18.1. The van der Waals surface area contributed by atoms with Crippen molar-refractivity contribution in [3.05, 3.63) is 64.3 Å². The number of carbonyl (C=O) groups is 1. The molecule has 0 saturated carbocycles. The van der Waals surface area contributed by atoms with Crippen LogP contribution in [0.2, 0.25) is 0 Å². The molecule has 0 aliphatic heterocycles. The molecule has 3 rings (SSSR count). The largest absolute Gasteiger partial charge is 0.293 e. The number of carbonyl (C=O) groups excluding carboxylic acids is 1. The van der Waals surface area contributed by atoms with Crippen LogP contribution in [-0.2, 0) is 6.42 Å². The summed E-state index contributed by atoms with van der Waals surface area (Å²) in [6.45, 7) is 8.53. The molecule has 0 aliphatic carbocycles. The van der Waals surface area contributed by atoms with Gasteiger partial charge in [0.15, 0.2) is 5.78 Å². The maximum atomic E-state index is 12.3. The number of alkyl halides is 1. The minimum absolute atomic E-state index is 0.00188. The fraction of sp³-hybridized carbons (Fsp3) is 0.286. The Bertz CT molecular complexity index is 935. The Morgan fingerprint density at radius 2 is 1.80 bits per heavy atom. The van der Waals surface area contributed by atoms with Crippen molar-refractivity contribution in [3.8, 4) is 0 Å². The zero-order valence-electron chi connectivity index (χ0n) is 15.0. The molecule has 0 radical (unpaired) electrons. The van der Waals surface area contributed by atoms with Crippen LogP contribution in [0.3, 0.4) is 0 Å². The molecule has 0 unspecified atom stereocenters. The van der Waals surface area contributed by atoms with Gasteiger partial charge in [-0.1, -0.05) is 36.8 Å². The van der Waals surface area contributed by atoms with Crippen LogP contribution in [0.1, 0.15) is 39.5 Å². The zero-order valence-corrected chi connectivity index (χ0v) is 16.6. The fourth-order valence-electron chi connectivity index (χ4n) is 3.24. The number of Topliss-reactive ketones (excluding diaryl/α,β-unsaturated/α-hetero) is 1. The molecule has 1 aromatic heterocycles. The molecule has 0 aliphatic rings. The van der Waals surface area contributed by atoms with Crippen LogP contribution in [0, 0.1) is 20.8 Å². The molecule has 3 aromatic rings. The standard InChI is InChI=1S/C21H22ClNOS/c1-5-16-6-7-17-18(20(24)11-22)12-23(19(17)10-16)25-21-14(3)8-13(2)9-15(21)4/h6-10,12H,5,11H2,1-4H3. The van der Waals surface area contributed by atoms with Crippen LogP contribution in [0.25, 0.3) is 10.9 Å². The van der Waals surface area contributed by atoms with Crippen molar-refractivity contribution in [3.63, 3.8) is 0 Å². The predicted molar refractivity (Wildman–Crippen MR) is 108 cm³/mol. The van der Waals surface area contributed by atoms with Gasteiger partial charge in [-0.3, -0.25) is 8.77 Å². The number of aromatic nitrogens is 1. The summed E-state index contributed by atoms with van der Waals surface area (Å²) in [6, 6.07) is 10.7. The van der Waals surface area contributed by atoms with Gasteiger partial charge in [-0.15, -0.1) is 11.6 Å². The van der Waals surface area contributed by atoms with Gasteiger partial charge >= 0.3 is 0 Å². The van der Waals surface area contributed by atoms with Crippen molar-refractivity contribution in [2.24, 2.45) is 0 Å². The first-order valence-electron chi connectivity index (χ1n) is 8.44. The number of halogens is 1. The summed E-state index contributed by atoms with van der Waals surface area (Å²) < 4.78 is 2.11. The number of hydrogen-bond donors (Lipinski definition) is 0. The van der Waals surface area contributed by atoms with Crippen molar-refractivity contribution < 1.29 is 4.79 Å². The maximum Gasteiger partial charge on any atom is 0.179 e. The third-order valence-corrected chi connectivity index (χ3v) is 6.03. The number of ketones is 1. The smallest absolute Gasteiger partial charge is 0.179 e. The SMILES string of the molecule is CCc1ccc2c(C(=O)CCl)cn(Sc3c(C)cc(C)cc3C)c2c1. The maximum absolute atomic E-state index is 12.3. The Morgan fingerprint density at radius 1 is 1.12 bits per heavy atom. The highest BCUT2D eigenvalue weighted by molar-refractivity contribution is 7.98. The first-order chi connectivity index (χ1) is 11.9. The molecule has 0 spiro atoms. The lowest BCUT2D eigenvalue weighted by Gasteiger charge is -2.12. The lowest BCUT2D eigenvalue weighted by atomic mass is 10.1. The molecule has 1 heterocycles. The summed E-state index contributed by atoms with van der Waals surface area (Å²) in [5.41, 5.74) is 6.79. The van der Waals surface area contributed by atoms with Crippen LogP contribution in [0.4, 0.5) is 0 Å². The lowest BCUT2D eigenvalue weighted by molar-refractivity contribution is 0.102. The van der Waals surface area contributed by atoms with Gasteiger partial charge < -0.3 is 0 Å². The van der Waals surface area contributed by atoms with Crippen LogP contribution in [0.5, 0.6) is 0 Å². The van der Waals surface area contributed by atoms with E-state index in [4.69, 9.17) is 11.6 Å². The zero-order chi connectivity index (χ0) is 18.1. The second kappa shape index (κ2) is 7.27. The summed E-state index contributed by atoms with van der Waals surface area (Å²) in [7, 11) is 0. The van der Waals surface area contributed by atoms with Crippen molar-refractivity contribution in [2.75, 3.05) is 5.88 Å². The van der Waals surface area contributed by atoms with E-state index in [-0.39, 0.29) is 11.7 Å². The van der Waals surface area contributed by atoms with E-state index >= 15 is 0 Å². The van der Waals surface area contributed by atoms with Gasteiger partial charge in [-0.2, -0.15) is 0 Å². The van der Waals surface area contributed by atoms with Gasteiger partial charge in [-0.25, -0.2) is 0 Å². The van der Waals surface area contributed by atoms with E-state index in [1.54, 1.807) is 11.9 Å². The third kappa shape index (κ3) is 3.49. The number of hydrogen-bond acceptors (Lipinski definition) is 2. The molecule has 0 atom stereocenters. The van der Waals surface area contributed by atoms with Gasteiger partial charge in [0.2, 0.25) is 0 Å². The normalized spacial score (nSPS) is 11.2. The van der Waals surface area contributed by atoms with Crippen LogP contribution in [0.15, 0.2) is 41.4 Å². The third-order valence-electron chi connectivity index (χ3n) is 4.46. The Balaban J connectivity index is 2.17. The van der Waals surface area contributed by atoms with Crippen molar-refractivity contribution in [2.45, 2.75) is 39.0 Å². The highest BCUT2D eigenvalue weighted by Gasteiger charge is 2.16. The Labute approximate surface area is 158 Å². The molecule has 4 heteroatoms. The Morgan fingerprint density at radius 3 is 2.40 bits per heavy atom. The first-order valence-corrected chi connectivity index (χ1v) is 9.74. The average molecular weight is 372 g/mol. The fourth-order valence-corrected chi connectivity index (χ4v) is 4.40. The molecule has 0 fully saturated rings. The lowest BCUT2D eigenvalue weighted by Crippen LogP contribution is -1.98. The van der Waals surface area contributed by atoms with E-state index in [1.165, 1.54) is 27.1 Å². The van der Waals surface area contributed by atoms with Crippen molar-refractivity contribution in [1.29, 1.82) is 0 Å². The molecule has 0 saturated heterocycles. The summed E-state index contributed by atoms with van der Waals surface area (Å²) >= 11 is 7.49. The molecule has 0 N–H and O–H groups in total. The van der Waals surface area contributed by atoms with Gasteiger partial charge in [0.05, 0.1) is 11.4 Å². The minimum atomic E-state index is -0.0346. The van der Waals surface area contributed by atoms with E-state index in [1.807, 2.05) is 12.3 Å². The second-order valence-corrected chi connectivity index (χ2v) is 7.70. The van der Waals surface area contributed by atoms with Crippen molar-refractivity contribution >= 4 is 40.2 Å². The van der Waals surface area contributed by atoms with Gasteiger partial charge in [0.1, 0.15) is 0 Å². The molecular formula is C21H22ClNOS. The van der Waals surface area contributed by atoms with Crippen LogP contribution >= 0.6 is 23.5 Å². The molecule has 2 aromatic carbocycles. The van der Waals surface area contributed by atoms with E-state index < -0.39 is 0 Å². The summed E-state index contributed by atoms with van der Waals surface area (Å²) in [6.07, 6.45) is 2.89. The highest BCUT2D eigenvalue weighted by atomic mass is 35.5. The molecular weight excluding hydrogens is 350 g/mol. The highest BCUT2D eigenvalue weighted by Crippen LogP contribution is 2.34. The summed E-state index contributed by atoms with van der Waals surface area (Å²) in [5, 5.41) is 0.970. The number of fused-ring (bicyclic) bond motifs is 1. The minimum Gasteiger partial charge on any atom is -0.293 e. The summed E-state index contributed by atoms with van der Waals surface area (Å²) in [5.74, 6) is -0.0327. The monoisotopic (exact) mass is 371 g/mol. The number of rotatable bonds is 5. The average Bonchev–Trinajstić information content (AvgIpc) is 2.95. The number of benzene rings is 2. The molecule has 2 nitrogen and oxygen atoms in total.